The number of unbranched alkanes of at least 4 members (excludes halogenated alkanes) is 3. The fraction of sp³-hybridized carbons (Fsp3) is 0.846. The zero-order valence-electron chi connectivity index (χ0n) is 11.0. The molecule has 0 bridgehead atoms. The summed E-state index contributed by atoms with van der Waals surface area (Å²) in [5.41, 5.74) is 0. The Morgan fingerprint density at radius 3 is 2.65 bits per heavy atom. The number of nitriles is 1. The van der Waals surface area contributed by atoms with Gasteiger partial charge in [-0.15, -0.1) is 0 Å². The van der Waals surface area contributed by atoms with E-state index in [0.717, 1.165) is 19.3 Å². The van der Waals surface area contributed by atoms with Gasteiger partial charge in [-0.3, -0.25) is 4.79 Å². The fourth-order valence-electron chi connectivity index (χ4n) is 1.60. The van der Waals surface area contributed by atoms with Crippen LogP contribution in [0.2, 0.25) is 0 Å². The van der Waals surface area contributed by atoms with Gasteiger partial charge in [0, 0.05) is 6.54 Å². The summed E-state index contributed by atoms with van der Waals surface area (Å²) in [6.07, 6.45) is 8.32. The highest BCUT2D eigenvalue weighted by Gasteiger charge is 2.15. The van der Waals surface area contributed by atoms with Gasteiger partial charge in [-0.25, -0.2) is 0 Å². The van der Waals surface area contributed by atoms with Crippen molar-refractivity contribution in [1.82, 2.24) is 5.32 Å². The molecule has 17 heavy (non-hydrogen) atoms. The summed E-state index contributed by atoms with van der Waals surface area (Å²) in [6.45, 7) is 2.70. The Kier molecular flexibility index (Phi) is 11.3. The van der Waals surface area contributed by atoms with E-state index >= 15 is 0 Å². The molecule has 0 saturated heterocycles. The second-order valence-corrected chi connectivity index (χ2v) is 5.15. The molecule has 0 aliphatic carbocycles. The first-order valence-electron chi connectivity index (χ1n) is 6.42. The van der Waals surface area contributed by atoms with Crippen molar-refractivity contribution in [2.75, 3.05) is 18.6 Å². The second-order valence-electron chi connectivity index (χ2n) is 4.17. The molecule has 1 unspecified atom stereocenters. The summed E-state index contributed by atoms with van der Waals surface area (Å²) in [7, 11) is 0. The summed E-state index contributed by atoms with van der Waals surface area (Å²) in [5, 5.41) is 11.7. The molecule has 1 amide bonds. The van der Waals surface area contributed by atoms with Gasteiger partial charge in [0.2, 0.25) is 5.91 Å². The predicted octanol–water partition coefficient (Wildman–Crippen LogP) is 2.97. The first kappa shape index (κ1) is 16.3. The van der Waals surface area contributed by atoms with E-state index in [9.17, 15) is 4.79 Å². The van der Waals surface area contributed by atoms with Gasteiger partial charge in [0.15, 0.2) is 0 Å². The van der Waals surface area contributed by atoms with Gasteiger partial charge in [-0.05, 0) is 31.3 Å². The first-order valence-corrected chi connectivity index (χ1v) is 7.81. The lowest BCUT2D eigenvalue weighted by molar-refractivity contribution is -0.123. The van der Waals surface area contributed by atoms with Gasteiger partial charge < -0.3 is 5.32 Å². The second kappa shape index (κ2) is 11.8. The summed E-state index contributed by atoms with van der Waals surface area (Å²) in [6, 6.07) is 2.06. The van der Waals surface area contributed by atoms with Crippen molar-refractivity contribution in [2.45, 2.75) is 45.4 Å². The van der Waals surface area contributed by atoms with Crippen molar-refractivity contribution < 1.29 is 4.79 Å². The highest BCUT2D eigenvalue weighted by molar-refractivity contribution is 7.98. The Bertz CT molecular complexity index is 238. The molecule has 1 atom stereocenters. The third kappa shape index (κ3) is 9.05. The lowest BCUT2D eigenvalue weighted by Crippen LogP contribution is -2.30. The molecular weight excluding hydrogens is 232 g/mol. The Hall–Kier alpha value is -0.690. The molecule has 0 rings (SSSR count). The SMILES string of the molecule is CCCC(C#N)C(=O)NCCCCCCSC. The first-order chi connectivity index (χ1) is 8.26. The molecule has 1 N–H and O–H groups in total. The molecule has 0 aliphatic rings. The molecule has 0 spiro atoms. The van der Waals surface area contributed by atoms with Gasteiger partial charge >= 0.3 is 0 Å². The van der Waals surface area contributed by atoms with Crippen LogP contribution in [0.1, 0.15) is 45.4 Å². The van der Waals surface area contributed by atoms with Gasteiger partial charge in [-0.2, -0.15) is 17.0 Å². The van der Waals surface area contributed by atoms with Crippen LogP contribution in [0.5, 0.6) is 0 Å². The van der Waals surface area contributed by atoms with Crippen molar-refractivity contribution in [3.05, 3.63) is 0 Å². The molecule has 0 fully saturated rings. The Balaban J connectivity index is 3.47. The molecule has 98 valence electrons. The number of hydrogen-bond donors (Lipinski definition) is 1. The highest BCUT2D eigenvalue weighted by atomic mass is 32.2. The normalized spacial score (nSPS) is 11.8. The number of nitrogens with one attached hydrogen (secondary N) is 1. The molecule has 0 aromatic carbocycles. The van der Waals surface area contributed by atoms with Crippen molar-refractivity contribution >= 4 is 17.7 Å². The van der Waals surface area contributed by atoms with Crippen LogP contribution in [-0.2, 0) is 4.79 Å². The third-order valence-corrected chi connectivity index (χ3v) is 3.32. The van der Waals surface area contributed by atoms with E-state index in [-0.39, 0.29) is 5.91 Å². The number of thioether (sulfide) groups is 1. The van der Waals surface area contributed by atoms with Crippen LogP contribution in [0.25, 0.3) is 0 Å². The van der Waals surface area contributed by atoms with Gasteiger partial charge in [0.05, 0.1) is 6.07 Å². The van der Waals surface area contributed by atoms with Gasteiger partial charge in [-0.1, -0.05) is 26.2 Å². The van der Waals surface area contributed by atoms with Gasteiger partial charge in [0.25, 0.3) is 0 Å². The maximum Gasteiger partial charge on any atom is 0.237 e. The highest BCUT2D eigenvalue weighted by Crippen LogP contribution is 2.06. The number of nitrogens with zero attached hydrogens (tertiary/aromatic N) is 1. The Labute approximate surface area is 109 Å². The van der Waals surface area contributed by atoms with E-state index in [1.807, 2.05) is 18.7 Å². The lowest BCUT2D eigenvalue weighted by atomic mass is 10.0. The maximum atomic E-state index is 11.6. The monoisotopic (exact) mass is 256 g/mol. The summed E-state index contributed by atoms with van der Waals surface area (Å²) in [4.78, 5) is 11.6. The quantitative estimate of drug-likeness (QED) is 0.611. The summed E-state index contributed by atoms with van der Waals surface area (Å²) >= 11 is 1.88. The minimum atomic E-state index is -0.462. The predicted molar refractivity (Wildman–Crippen MR) is 73.9 cm³/mol. The van der Waals surface area contributed by atoms with Crippen LogP contribution in [0, 0.1) is 17.2 Å². The fourth-order valence-corrected chi connectivity index (χ4v) is 2.10. The molecule has 0 aromatic rings. The smallest absolute Gasteiger partial charge is 0.237 e. The van der Waals surface area contributed by atoms with Crippen molar-refractivity contribution in [1.29, 1.82) is 5.26 Å². The minimum Gasteiger partial charge on any atom is -0.355 e. The van der Waals surface area contributed by atoms with Crippen LogP contribution < -0.4 is 5.32 Å². The van der Waals surface area contributed by atoms with E-state index < -0.39 is 5.92 Å². The van der Waals surface area contributed by atoms with E-state index in [2.05, 4.69) is 17.6 Å². The van der Waals surface area contributed by atoms with Gasteiger partial charge in [0.1, 0.15) is 5.92 Å². The maximum absolute atomic E-state index is 11.6. The van der Waals surface area contributed by atoms with Crippen molar-refractivity contribution in [3.63, 3.8) is 0 Å². The largest absolute Gasteiger partial charge is 0.355 e. The third-order valence-electron chi connectivity index (χ3n) is 2.62. The number of rotatable bonds is 10. The molecule has 0 radical (unpaired) electrons. The van der Waals surface area contributed by atoms with Crippen LogP contribution in [0.3, 0.4) is 0 Å². The Morgan fingerprint density at radius 1 is 1.35 bits per heavy atom. The number of carbonyl (C=O) groups is 1. The average Bonchev–Trinajstić information content (AvgIpc) is 2.34. The van der Waals surface area contributed by atoms with E-state index in [1.54, 1.807) is 0 Å². The molecule has 0 heterocycles. The average molecular weight is 256 g/mol. The van der Waals surface area contributed by atoms with Crippen LogP contribution in [0.15, 0.2) is 0 Å². The summed E-state index contributed by atoms with van der Waals surface area (Å²) < 4.78 is 0. The molecule has 3 nitrogen and oxygen atoms in total. The summed E-state index contributed by atoms with van der Waals surface area (Å²) in [5.74, 6) is 0.661. The molecular formula is C13H24N2OS. The lowest BCUT2D eigenvalue weighted by Gasteiger charge is -2.08. The standard InChI is InChI=1S/C13H24N2OS/c1-3-8-12(11-14)13(16)15-9-6-4-5-7-10-17-2/h12H,3-10H2,1-2H3,(H,15,16). The number of carbonyl (C=O) groups excluding carboxylic acids is 1. The van der Waals surface area contributed by atoms with Crippen LogP contribution >= 0.6 is 11.8 Å². The van der Waals surface area contributed by atoms with Crippen LogP contribution in [-0.4, -0.2) is 24.5 Å². The Morgan fingerprint density at radius 2 is 2.06 bits per heavy atom. The molecule has 0 aliphatic heterocycles. The van der Waals surface area contributed by atoms with E-state index in [4.69, 9.17) is 5.26 Å². The molecule has 4 heteroatoms. The van der Waals surface area contributed by atoms with Crippen molar-refractivity contribution in [3.8, 4) is 6.07 Å². The zero-order valence-corrected chi connectivity index (χ0v) is 11.8. The van der Waals surface area contributed by atoms with E-state index in [1.165, 1.54) is 18.6 Å². The van der Waals surface area contributed by atoms with Crippen molar-refractivity contribution in [2.24, 2.45) is 5.92 Å². The van der Waals surface area contributed by atoms with E-state index in [0.29, 0.717) is 13.0 Å². The topological polar surface area (TPSA) is 52.9 Å². The zero-order chi connectivity index (χ0) is 12.9. The number of amides is 1. The van der Waals surface area contributed by atoms with Crippen LogP contribution in [0.4, 0.5) is 0 Å². The molecule has 0 saturated carbocycles. The minimum absolute atomic E-state index is 0.0986. The molecule has 0 aromatic heterocycles. The number of hydrogen-bond acceptors (Lipinski definition) is 3.